The monoisotopic (exact) mass is 379 g/mol. The molecule has 154 valence electrons. The van der Waals surface area contributed by atoms with Gasteiger partial charge in [-0.25, -0.2) is 0 Å². The van der Waals surface area contributed by atoms with Crippen LogP contribution in [0.5, 0.6) is 11.5 Å². The van der Waals surface area contributed by atoms with Crippen LogP contribution >= 0.6 is 0 Å². The zero-order valence-corrected chi connectivity index (χ0v) is 17.9. The lowest BCUT2D eigenvalue weighted by molar-refractivity contribution is 0.186. The first-order chi connectivity index (χ1) is 12.7. The van der Waals surface area contributed by atoms with E-state index < -0.39 is 6.10 Å². The third kappa shape index (κ3) is 8.52. The molecule has 0 aromatic heterocycles. The Kier molecular flexibility index (Phi) is 9.43. The summed E-state index contributed by atoms with van der Waals surface area (Å²) in [7, 11) is 3.17. The van der Waals surface area contributed by atoms with Crippen molar-refractivity contribution in [3.05, 3.63) is 23.8 Å². The van der Waals surface area contributed by atoms with Crippen molar-refractivity contribution < 1.29 is 14.6 Å². The summed E-state index contributed by atoms with van der Waals surface area (Å²) in [5, 5.41) is 17.2. The Balaban J connectivity index is 2.73. The van der Waals surface area contributed by atoms with Crippen molar-refractivity contribution in [1.29, 1.82) is 0 Å². The maximum absolute atomic E-state index is 10.5. The van der Waals surface area contributed by atoms with E-state index in [9.17, 15) is 5.11 Å². The molecule has 2 unspecified atom stereocenters. The fourth-order valence-corrected chi connectivity index (χ4v) is 2.62. The molecule has 0 aliphatic rings. The summed E-state index contributed by atoms with van der Waals surface area (Å²) in [6, 6.07) is 5.71. The fourth-order valence-electron chi connectivity index (χ4n) is 2.62. The molecule has 27 heavy (non-hydrogen) atoms. The molecule has 3 N–H and O–H groups in total. The van der Waals surface area contributed by atoms with E-state index in [-0.39, 0.29) is 6.54 Å². The number of benzene rings is 1. The van der Waals surface area contributed by atoms with Gasteiger partial charge in [-0.15, -0.1) is 0 Å². The lowest BCUT2D eigenvalue weighted by Gasteiger charge is -2.23. The first-order valence-electron chi connectivity index (χ1n) is 9.65. The molecule has 0 saturated heterocycles. The molecule has 1 aromatic rings. The zero-order chi connectivity index (χ0) is 20.4. The van der Waals surface area contributed by atoms with Gasteiger partial charge in [0.05, 0.1) is 26.9 Å². The van der Waals surface area contributed by atoms with Gasteiger partial charge in [-0.2, -0.15) is 0 Å². The Morgan fingerprint density at radius 3 is 2.41 bits per heavy atom. The number of rotatable bonds is 9. The number of ether oxygens (including phenoxy) is 2. The number of aliphatic imine (C=N–C) groups is 1. The maximum Gasteiger partial charge on any atom is 0.191 e. The molecule has 0 aliphatic carbocycles. The Bertz CT molecular complexity index is 597. The highest BCUT2D eigenvalue weighted by Gasteiger charge is 2.15. The van der Waals surface area contributed by atoms with Crippen LogP contribution in [0.4, 0.5) is 0 Å². The van der Waals surface area contributed by atoms with E-state index in [4.69, 9.17) is 9.47 Å². The van der Waals surface area contributed by atoms with Gasteiger partial charge in [-0.05, 0) is 49.8 Å². The average Bonchev–Trinajstić information content (AvgIpc) is 2.63. The largest absolute Gasteiger partial charge is 0.493 e. The summed E-state index contributed by atoms with van der Waals surface area (Å²) < 4.78 is 10.5. The first kappa shape index (κ1) is 23.1. The van der Waals surface area contributed by atoms with Crippen LogP contribution in [0.3, 0.4) is 0 Å². The number of nitrogens with one attached hydrogen (secondary N) is 2. The van der Waals surface area contributed by atoms with E-state index >= 15 is 0 Å². The highest BCUT2D eigenvalue weighted by molar-refractivity contribution is 5.80. The van der Waals surface area contributed by atoms with Gasteiger partial charge in [0, 0.05) is 12.6 Å². The van der Waals surface area contributed by atoms with Crippen LogP contribution < -0.4 is 20.1 Å². The van der Waals surface area contributed by atoms with Crippen molar-refractivity contribution in [2.24, 2.45) is 10.4 Å². The van der Waals surface area contributed by atoms with E-state index in [2.05, 4.69) is 43.3 Å². The van der Waals surface area contributed by atoms with Crippen LogP contribution in [0.15, 0.2) is 23.2 Å². The van der Waals surface area contributed by atoms with Gasteiger partial charge in [0.15, 0.2) is 17.5 Å². The van der Waals surface area contributed by atoms with Crippen molar-refractivity contribution in [3.63, 3.8) is 0 Å². The van der Waals surface area contributed by atoms with Crippen LogP contribution in [0.1, 0.15) is 59.1 Å². The molecular weight excluding hydrogens is 342 g/mol. The SMILES string of the molecule is CCNC(=NCC(O)c1ccc(OC)c(OC)c1)NC(C)CCC(C)(C)C. The highest BCUT2D eigenvalue weighted by Crippen LogP contribution is 2.30. The third-order valence-electron chi connectivity index (χ3n) is 4.27. The minimum atomic E-state index is -0.717. The molecule has 0 aliphatic heterocycles. The smallest absolute Gasteiger partial charge is 0.191 e. The summed E-state index contributed by atoms with van der Waals surface area (Å²) in [5.74, 6) is 1.96. The first-order valence-corrected chi connectivity index (χ1v) is 9.65. The second kappa shape index (κ2) is 11.0. The molecule has 6 nitrogen and oxygen atoms in total. The number of aliphatic hydroxyl groups excluding tert-OH is 1. The second-order valence-corrected chi connectivity index (χ2v) is 7.99. The molecule has 0 radical (unpaired) electrons. The molecule has 6 heteroatoms. The minimum Gasteiger partial charge on any atom is -0.493 e. The molecule has 0 heterocycles. The van der Waals surface area contributed by atoms with E-state index in [1.807, 2.05) is 13.0 Å². The second-order valence-electron chi connectivity index (χ2n) is 7.99. The molecular formula is C21H37N3O3. The lowest BCUT2D eigenvalue weighted by Crippen LogP contribution is -2.42. The average molecular weight is 380 g/mol. The Morgan fingerprint density at radius 2 is 1.85 bits per heavy atom. The van der Waals surface area contributed by atoms with Crippen molar-refractivity contribution in [2.75, 3.05) is 27.3 Å². The summed E-state index contributed by atoms with van der Waals surface area (Å²) in [4.78, 5) is 4.54. The van der Waals surface area contributed by atoms with Crippen molar-refractivity contribution >= 4 is 5.96 Å². The Morgan fingerprint density at radius 1 is 1.19 bits per heavy atom. The Hall–Kier alpha value is -1.95. The highest BCUT2D eigenvalue weighted by atomic mass is 16.5. The zero-order valence-electron chi connectivity index (χ0n) is 17.9. The van der Waals surface area contributed by atoms with Crippen LogP contribution in [0, 0.1) is 5.41 Å². The molecule has 2 atom stereocenters. The molecule has 0 spiro atoms. The van der Waals surface area contributed by atoms with Gasteiger partial charge in [0.2, 0.25) is 0 Å². The van der Waals surface area contributed by atoms with E-state index in [1.165, 1.54) is 0 Å². The number of hydrogen-bond donors (Lipinski definition) is 3. The third-order valence-corrected chi connectivity index (χ3v) is 4.27. The van der Waals surface area contributed by atoms with Gasteiger partial charge in [-0.1, -0.05) is 26.8 Å². The van der Waals surface area contributed by atoms with Gasteiger partial charge < -0.3 is 25.2 Å². The van der Waals surface area contributed by atoms with Gasteiger partial charge in [0.1, 0.15) is 0 Å². The fraction of sp³-hybridized carbons (Fsp3) is 0.667. The summed E-state index contributed by atoms with van der Waals surface area (Å²) in [6.07, 6.45) is 1.48. The standard InChI is InChI=1S/C21H37N3O3/c1-8-22-20(24-15(2)11-12-21(3,4)5)23-14-17(25)16-9-10-18(26-6)19(13-16)27-7/h9-10,13,15,17,25H,8,11-12,14H2,1-7H3,(H2,22,23,24). The van der Waals surface area contributed by atoms with Gasteiger partial charge in [0.25, 0.3) is 0 Å². The summed E-state index contributed by atoms with van der Waals surface area (Å²) in [5.41, 5.74) is 1.06. The van der Waals surface area contributed by atoms with Crippen molar-refractivity contribution in [1.82, 2.24) is 10.6 Å². The predicted molar refractivity (Wildman–Crippen MR) is 112 cm³/mol. The van der Waals surface area contributed by atoms with Crippen molar-refractivity contribution in [2.45, 2.75) is 59.6 Å². The summed E-state index contributed by atoms with van der Waals surface area (Å²) in [6.45, 7) is 12.0. The maximum atomic E-state index is 10.5. The van der Waals surface area contributed by atoms with Crippen LogP contribution in [-0.2, 0) is 0 Å². The van der Waals surface area contributed by atoms with Crippen LogP contribution in [0.2, 0.25) is 0 Å². The topological polar surface area (TPSA) is 75.1 Å². The van der Waals surface area contributed by atoms with E-state index in [1.54, 1.807) is 26.4 Å². The Labute approximate surface area is 164 Å². The summed E-state index contributed by atoms with van der Waals surface area (Å²) >= 11 is 0. The molecule has 0 bridgehead atoms. The molecule has 1 aromatic carbocycles. The molecule has 0 saturated carbocycles. The van der Waals surface area contributed by atoms with Gasteiger partial charge >= 0.3 is 0 Å². The van der Waals surface area contributed by atoms with Crippen LogP contribution in [-0.4, -0.2) is 44.4 Å². The van der Waals surface area contributed by atoms with Gasteiger partial charge in [-0.3, -0.25) is 4.99 Å². The molecule has 0 fully saturated rings. The predicted octanol–water partition coefficient (Wildman–Crippen LogP) is 3.51. The minimum absolute atomic E-state index is 0.261. The van der Waals surface area contributed by atoms with E-state index in [0.717, 1.165) is 30.9 Å². The number of nitrogens with zero attached hydrogens (tertiary/aromatic N) is 1. The normalized spacial score (nSPS) is 14.4. The molecule has 1 rings (SSSR count). The number of aliphatic hydroxyl groups is 1. The van der Waals surface area contributed by atoms with Crippen molar-refractivity contribution in [3.8, 4) is 11.5 Å². The number of hydrogen-bond acceptors (Lipinski definition) is 4. The number of guanidine groups is 1. The number of methoxy groups -OCH3 is 2. The van der Waals surface area contributed by atoms with E-state index in [0.29, 0.717) is 23.0 Å². The van der Waals surface area contributed by atoms with Crippen LogP contribution in [0.25, 0.3) is 0 Å². The quantitative estimate of drug-likeness (QED) is 0.452. The lowest BCUT2D eigenvalue weighted by atomic mass is 9.89. The molecule has 0 amide bonds.